The van der Waals surface area contributed by atoms with Gasteiger partial charge in [-0.1, -0.05) is 50.7 Å². The highest BCUT2D eigenvalue weighted by atomic mass is 16.1. The molecular weight excluding hydrogens is 220 g/mol. The van der Waals surface area contributed by atoms with Gasteiger partial charge in [0, 0.05) is 12.8 Å². The van der Waals surface area contributed by atoms with Crippen LogP contribution in [0.25, 0.3) is 0 Å². The normalized spacial score (nSPS) is 24.3. The van der Waals surface area contributed by atoms with Crippen LogP contribution in [0.3, 0.4) is 0 Å². The van der Waals surface area contributed by atoms with Crippen molar-refractivity contribution in [3.05, 3.63) is 12.2 Å². The van der Waals surface area contributed by atoms with E-state index in [1.807, 2.05) is 0 Å². The third-order valence-electron chi connectivity index (χ3n) is 3.82. The maximum atomic E-state index is 11.6. The number of hydrogen-bond donors (Lipinski definition) is 0. The molecule has 0 saturated heterocycles. The highest BCUT2D eigenvalue weighted by molar-refractivity contribution is 5.78. The number of ketones is 1. The third-order valence-corrected chi connectivity index (χ3v) is 3.82. The summed E-state index contributed by atoms with van der Waals surface area (Å²) in [7, 11) is 0. The predicted octanol–water partition coefficient (Wildman–Crippen LogP) is 5.59. The molecule has 0 fully saturated rings. The molecule has 0 radical (unpaired) electrons. The first-order valence-corrected chi connectivity index (χ1v) is 8.06. The van der Waals surface area contributed by atoms with Gasteiger partial charge in [-0.25, -0.2) is 0 Å². The zero-order valence-corrected chi connectivity index (χ0v) is 12.0. The molecule has 0 spiro atoms. The fourth-order valence-electron chi connectivity index (χ4n) is 2.59. The molecule has 104 valence electrons. The molecule has 1 rings (SSSR count). The van der Waals surface area contributed by atoms with Crippen molar-refractivity contribution >= 4 is 5.78 Å². The average molecular weight is 250 g/mol. The molecule has 0 aromatic carbocycles. The molecular formula is C17H30O. The van der Waals surface area contributed by atoms with Crippen LogP contribution in [0.5, 0.6) is 0 Å². The molecule has 0 atom stereocenters. The van der Waals surface area contributed by atoms with Gasteiger partial charge in [-0.15, -0.1) is 0 Å². The molecule has 1 aliphatic rings. The van der Waals surface area contributed by atoms with E-state index < -0.39 is 0 Å². The topological polar surface area (TPSA) is 17.1 Å². The second-order valence-electron chi connectivity index (χ2n) is 5.62. The van der Waals surface area contributed by atoms with Gasteiger partial charge in [-0.05, 0) is 38.5 Å². The van der Waals surface area contributed by atoms with Crippen LogP contribution in [-0.2, 0) is 4.79 Å². The fourth-order valence-corrected chi connectivity index (χ4v) is 2.59. The Hall–Kier alpha value is -0.590. The summed E-state index contributed by atoms with van der Waals surface area (Å²) in [6.45, 7) is 0. The largest absolute Gasteiger partial charge is 0.300 e. The molecule has 0 saturated carbocycles. The number of carbonyl (C=O) groups is 1. The quantitative estimate of drug-likeness (QED) is 0.512. The summed E-state index contributed by atoms with van der Waals surface area (Å²) in [5, 5.41) is 0. The number of hydrogen-bond acceptors (Lipinski definition) is 1. The van der Waals surface area contributed by atoms with E-state index in [1.165, 1.54) is 64.2 Å². The lowest BCUT2D eigenvalue weighted by Crippen LogP contribution is -1.97. The van der Waals surface area contributed by atoms with Crippen LogP contribution in [-0.4, -0.2) is 5.78 Å². The Morgan fingerprint density at radius 2 is 0.944 bits per heavy atom. The first-order valence-electron chi connectivity index (χ1n) is 8.06. The van der Waals surface area contributed by atoms with Crippen LogP contribution >= 0.6 is 0 Å². The zero-order valence-electron chi connectivity index (χ0n) is 12.0. The molecule has 1 aliphatic carbocycles. The van der Waals surface area contributed by atoms with Crippen molar-refractivity contribution in [2.75, 3.05) is 0 Å². The SMILES string of the molecule is O=C1CCCCCCC/C=C\CCCCCCC1. The van der Waals surface area contributed by atoms with E-state index in [4.69, 9.17) is 0 Å². The Bertz CT molecular complexity index is 208. The van der Waals surface area contributed by atoms with Crippen molar-refractivity contribution in [2.24, 2.45) is 0 Å². The van der Waals surface area contributed by atoms with Crippen molar-refractivity contribution in [1.29, 1.82) is 0 Å². The predicted molar refractivity (Wildman–Crippen MR) is 78.8 cm³/mol. The van der Waals surface area contributed by atoms with Crippen LogP contribution < -0.4 is 0 Å². The number of carbonyl (C=O) groups excluding carboxylic acids is 1. The summed E-state index contributed by atoms with van der Waals surface area (Å²) in [5.74, 6) is 0.501. The lowest BCUT2D eigenvalue weighted by atomic mass is 10.0. The van der Waals surface area contributed by atoms with Gasteiger partial charge in [-0.3, -0.25) is 4.79 Å². The van der Waals surface area contributed by atoms with E-state index in [2.05, 4.69) is 12.2 Å². The van der Waals surface area contributed by atoms with E-state index in [-0.39, 0.29) is 0 Å². The molecule has 18 heavy (non-hydrogen) atoms. The van der Waals surface area contributed by atoms with Crippen molar-refractivity contribution in [2.45, 2.75) is 89.9 Å². The van der Waals surface area contributed by atoms with Gasteiger partial charge < -0.3 is 0 Å². The maximum absolute atomic E-state index is 11.6. The van der Waals surface area contributed by atoms with Crippen molar-refractivity contribution < 1.29 is 4.79 Å². The zero-order chi connectivity index (χ0) is 12.9. The van der Waals surface area contributed by atoms with Gasteiger partial charge >= 0.3 is 0 Å². The Labute approximate surface area is 113 Å². The molecule has 0 heterocycles. The standard InChI is InChI=1S/C17H30O/c18-17-15-13-11-9-7-5-3-1-2-4-6-8-10-12-14-16-17/h1-2H,3-16H2/b2-1-. The fraction of sp³-hybridized carbons (Fsp3) is 0.824. The molecule has 1 heteroatoms. The highest BCUT2D eigenvalue weighted by Crippen LogP contribution is 2.12. The van der Waals surface area contributed by atoms with Gasteiger partial charge in [0.25, 0.3) is 0 Å². The van der Waals surface area contributed by atoms with Crippen molar-refractivity contribution in [3.63, 3.8) is 0 Å². The lowest BCUT2D eigenvalue weighted by Gasteiger charge is -2.02. The van der Waals surface area contributed by atoms with Crippen LogP contribution in [0.2, 0.25) is 0 Å². The van der Waals surface area contributed by atoms with E-state index in [9.17, 15) is 4.79 Å². The van der Waals surface area contributed by atoms with Crippen LogP contribution in [0.4, 0.5) is 0 Å². The van der Waals surface area contributed by atoms with E-state index >= 15 is 0 Å². The van der Waals surface area contributed by atoms with Gasteiger partial charge in [0.05, 0.1) is 0 Å². The molecule has 0 aromatic heterocycles. The van der Waals surface area contributed by atoms with E-state index in [0.29, 0.717) is 5.78 Å². The molecule has 0 aromatic rings. The number of allylic oxidation sites excluding steroid dienone is 2. The van der Waals surface area contributed by atoms with Crippen LogP contribution in [0, 0.1) is 0 Å². The number of Topliss-reactive ketones (excluding diaryl/α,β-unsaturated/α-hetero) is 1. The Morgan fingerprint density at radius 1 is 0.556 bits per heavy atom. The molecule has 0 aliphatic heterocycles. The highest BCUT2D eigenvalue weighted by Gasteiger charge is 2.01. The smallest absolute Gasteiger partial charge is 0.132 e. The maximum Gasteiger partial charge on any atom is 0.132 e. The number of rotatable bonds is 0. The Kier molecular flexibility index (Phi) is 9.88. The van der Waals surface area contributed by atoms with E-state index in [0.717, 1.165) is 25.7 Å². The summed E-state index contributed by atoms with van der Waals surface area (Å²) in [4.78, 5) is 11.6. The van der Waals surface area contributed by atoms with Gasteiger partial charge in [-0.2, -0.15) is 0 Å². The first kappa shape index (κ1) is 15.5. The molecule has 0 unspecified atom stereocenters. The van der Waals surface area contributed by atoms with Gasteiger partial charge in [0.2, 0.25) is 0 Å². The van der Waals surface area contributed by atoms with Crippen LogP contribution in [0.15, 0.2) is 12.2 Å². The summed E-state index contributed by atoms with van der Waals surface area (Å²) in [5.41, 5.74) is 0. The molecule has 0 amide bonds. The lowest BCUT2D eigenvalue weighted by molar-refractivity contribution is -0.119. The second kappa shape index (κ2) is 11.5. The van der Waals surface area contributed by atoms with Gasteiger partial charge in [0.1, 0.15) is 5.78 Å². The van der Waals surface area contributed by atoms with Crippen molar-refractivity contribution in [3.8, 4) is 0 Å². The minimum absolute atomic E-state index is 0.501. The minimum atomic E-state index is 0.501. The van der Waals surface area contributed by atoms with Gasteiger partial charge in [0.15, 0.2) is 0 Å². The summed E-state index contributed by atoms with van der Waals surface area (Å²) >= 11 is 0. The average Bonchev–Trinajstić information content (AvgIpc) is 2.37. The first-order chi connectivity index (χ1) is 8.89. The second-order valence-corrected chi connectivity index (χ2v) is 5.62. The molecule has 0 N–H and O–H groups in total. The summed E-state index contributed by atoms with van der Waals surface area (Å²) < 4.78 is 0. The Morgan fingerprint density at radius 3 is 1.44 bits per heavy atom. The third kappa shape index (κ3) is 9.44. The van der Waals surface area contributed by atoms with Crippen molar-refractivity contribution in [1.82, 2.24) is 0 Å². The summed E-state index contributed by atoms with van der Waals surface area (Å²) in [6, 6.07) is 0. The molecule has 0 bridgehead atoms. The molecule has 1 nitrogen and oxygen atoms in total. The van der Waals surface area contributed by atoms with E-state index in [1.54, 1.807) is 0 Å². The summed E-state index contributed by atoms with van der Waals surface area (Å²) in [6.07, 6.45) is 21.5. The van der Waals surface area contributed by atoms with Crippen LogP contribution in [0.1, 0.15) is 89.9 Å². The monoisotopic (exact) mass is 250 g/mol. The Balaban J connectivity index is 2.17. The minimum Gasteiger partial charge on any atom is -0.300 e.